The molecule has 0 heterocycles. The second kappa shape index (κ2) is 11.2. The minimum absolute atomic E-state index is 0.00755. The number of sulfonamides is 1. The lowest BCUT2D eigenvalue weighted by molar-refractivity contribution is 0.0635. The molecule has 7 heteroatoms. The Morgan fingerprint density at radius 1 is 1.10 bits per heavy atom. The van der Waals surface area contributed by atoms with Crippen LogP contribution in [0.4, 0.5) is 0 Å². The van der Waals surface area contributed by atoms with E-state index in [1.165, 1.54) is 10.4 Å². The molecule has 2 aromatic carbocycles. The number of rotatable bonds is 11. The van der Waals surface area contributed by atoms with Gasteiger partial charge in [-0.3, -0.25) is 4.79 Å². The number of carbonyl (C=O) groups is 1. The summed E-state index contributed by atoms with van der Waals surface area (Å²) in [7, 11) is -3.62. The van der Waals surface area contributed by atoms with E-state index in [-0.39, 0.29) is 16.9 Å². The number of ether oxygens (including phenoxy) is 1. The van der Waals surface area contributed by atoms with E-state index in [2.05, 4.69) is 5.32 Å². The highest BCUT2D eigenvalue weighted by Crippen LogP contribution is 2.21. The van der Waals surface area contributed by atoms with Crippen molar-refractivity contribution >= 4 is 15.9 Å². The maximum Gasteiger partial charge on any atom is 0.251 e. The van der Waals surface area contributed by atoms with Crippen LogP contribution in [0.15, 0.2) is 53.4 Å². The number of hydrogen-bond acceptors (Lipinski definition) is 4. The van der Waals surface area contributed by atoms with Crippen LogP contribution >= 0.6 is 0 Å². The maximum absolute atomic E-state index is 12.8. The zero-order valence-electron chi connectivity index (χ0n) is 18.2. The van der Waals surface area contributed by atoms with Crippen LogP contribution in [0, 0.1) is 6.92 Å². The Morgan fingerprint density at radius 2 is 1.77 bits per heavy atom. The van der Waals surface area contributed by atoms with E-state index >= 15 is 0 Å². The number of carbonyl (C=O) groups excluding carboxylic acids is 1. The molecule has 0 aliphatic rings. The van der Waals surface area contributed by atoms with Crippen LogP contribution < -0.4 is 5.32 Å². The summed E-state index contributed by atoms with van der Waals surface area (Å²) < 4.78 is 32.9. The number of amides is 1. The molecular weight excluding hydrogens is 400 g/mol. The third kappa shape index (κ3) is 6.14. The van der Waals surface area contributed by atoms with E-state index in [0.29, 0.717) is 43.8 Å². The van der Waals surface area contributed by atoms with Crippen molar-refractivity contribution in [3.63, 3.8) is 0 Å². The normalized spacial score (nSPS) is 12.7. The Bertz CT molecular complexity index is 925. The van der Waals surface area contributed by atoms with Crippen LogP contribution in [0.1, 0.15) is 54.8 Å². The van der Waals surface area contributed by atoms with Gasteiger partial charge in [-0.1, -0.05) is 50.2 Å². The average Bonchev–Trinajstić information content (AvgIpc) is 2.74. The van der Waals surface area contributed by atoms with Crippen molar-refractivity contribution < 1.29 is 17.9 Å². The van der Waals surface area contributed by atoms with E-state index < -0.39 is 10.0 Å². The SMILES string of the molecule is CCN(CC)S(=O)(=O)c1cc(C(=O)NCCCOC(C)c2ccccc2)ccc1C. The van der Waals surface area contributed by atoms with Crippen LogP contribution in [0.3, 0.4) is 0 Å². The summed E-state index contributed by atoms with van der Waals surface area (Å²) in [4.78, 5) is 12.7. The zero-order chi connectivity index (χ0) is 22.1. The number of benzene rings is 2. The predicted molar refractivity (Wildman–Crippen MR) is 119 cm³/mol. The quantitative estimate of drug-likeness (QED) is 0.546. The molecule has 0 aromatic heterocycles. The van der Waals surface area contributed by atoms with Crippen molar-refractivity contribution in [2.24, 2.45) is 0 Å². The molecule has 0 bridgehead atoms. The summed E-state index contributed by atoms with van der Waals surface area (Å²) in [6.07, 6.45) is 0.658. The summed E-state index contributed by atoms with van der Waals surface area (Å²) >= 11 is 0. The lowest BCUT2D eigenvalue weighted by Crippen LogP contribution is -2.31. The van der Waals surface area contributed by atoms with Gasteiger partial charge in [0.2, 0.25) is 10.0 Å². The van der Waals surface area contributed by atoms with Crippen molar-refractivity contribution in [3.05, 3.63) is 65.2 Å². The van der Waals surface area contributed by atoms with Gasteiger partial charge in [-0.15, -0.1) is 0 Å². The summed E-state index contributed by atoms with van der Waals surface area (Å²) in [5, 5.41) is 2.84. The molecule has 2 rings (SSSR count). The van der Waals surface area contributed by atoms with Gasteiger partial charge in [-0.25, -0.2) is 8.42 Å². The van der Waals surface area contributed by atoms with Crippen molar-refractivity contribution in [2.45, 2.75) is 45.1 Å². The molecule has 0 fully saturated rings. The second-order valence-electron chi connectivity index (χ2n) is 7.10. The number of aryl methyl sites for hydroxylation is 1. The van der Waals surface area contributed by atoms with Crippen molar-refractivity contribution in [1.82, 2.24) is 9.62 Å². The monoisotopic (exact) mass is 432 g/mol. The molecule has 6 nitrogen and oxygen atoms in total. The Labute approximate surface area is 180 Å². The molecule has 0 saturated heterocycles. The van der Waals surface area contributed by atoms with Gasteiger partial charge in [0.1, 0.15) is 0 Å². The molecule has 164 valence electrons. The molecule has 1 unspecified atom stereocenters. The van der Waals surface area contributed by atoms with Gasteiger partial charge in [0.25, 0.3) is 5.91 Å². The largest absolute Gasteiger partial charge is 0.374 e. The fraction of sp³-hybridized carbons (Fsp3) is 0.435. The van der Waals surface area contributed by atoms with E-state index in [0.717, 1.165) is 5.56 Å². The van der Waals surface area contributed by atoms with Crippen LogP contribution in [0.2, 0.25) is 0 Å². The molecule has 0 aliphatic heterocycles. The van der Waals surface area contributed by atoms with E-state index in [1.807, 2.05) is 37.3 Å². The lowest BCUT2D eigenvalue weighted by atomic mass is 10.1. The smallest absolute Gasteiger partial charge is 0.251 e. The summed E-state index contributed by atoms with van der Waals surface area (Å²) in [5.41, 5.74) is 2.08. The number of nitrogens with zero attached hydrogens (tertiary/aromatic N) is 1. The minimum Gasteiger partial charge on any atom is -0.374 e. The highest BCUT2D eigenvalue weighted by molar-refractivity contribution is 7.89. The lowest BCUT2D eigenvalue weighted by Gasteiger charge is -2.20. The first-order valence-corrected chi connectivity index (χ1v) is 11.8. The third-order valence-electron chi connectivity index (χ3n) is 5.02. The predicted octanol–water partition coefficient (Wildman–Crippen LogP) is 3.92. The van der Waals surface area contributed by atoms with Gasteiger partial charge in [0.05, 0.1) is 11.0 Å². The topological polar surface area (TPSA) is 75.7 Å². The summed E-state index contributed by atoms with van der Waals surface area (Å²) in [6.45, 7) is 9.08. The maximum atomic E-state index is 12.8. The molecule has 0 spiro atoms. The fourth-order valence-electron chi connectivity index (χ4n) is 3.18. The molecule has 2 aromatic rings. The van der Waals surface area contributed by atoms with Crippen LogP contribution in [-0.2, 0) is 14.8 Å². The van der Waals surface area contributed by atoms with E-state index in [1.54, 1.807) is 32.9 Å². The third-order valence-corrected chi connectivity index (χ3v) is 7.21. The van der Waals surface area contributed by atoms with Crippen LogP contribution in [0.25, 0.3) is 0 Å². The highest BCUT2D eigenvalue weighted by Gasteiger charge is 2.24. The summed E-state index contributed by atoms with van der Waals surface area (Å²) in [5.74, 6) is -0.290. The molecular formula is C23H32N2O4S. The van der Waals surface area contributed by atoms with Crippen LogP contribution in [-0.4, -0.2) is 44.9 Å². The Morgan fingerprint density at radius 3 is 2.40 bits per heavy atom. The Balaban J connectivity index is 1.91. The first kappa shape index (κ1) is 24.1. The van der Waals surface area contributed by atoms with Crippen molar-refractivity contribution in [2.75, 3.05) is 26.2 Å². The van der Waals surface area contributed by atoms with Crippen molar-refractivity contribution in [3.8, 4) is 0 Å². The average molecular weight is 433 g/mol. The minimum atomic E-state index is -3.62. The van der Waals surface area contributed by atoms with Crippen LogP contribution in [0.5, 0.6) is 0 Å². The second-order valence-corrected chi connectivity index (χ2v) is 9.01. The first-order valence-electron chi connectivity index (χ1n) is 10.4. The fourth-order valence-corrected chi connectivity index (χ4v) is 4.89. The van der Waals surface area contributed by atoms with Gasteiger partial charge >= 0.3 is 0 Å². The number of nitrogens with one attached hydrogen (secondary N) is 1. The number of hydrogen-bond donors (Lipinski definition) is 1. The van der Waals surface area contributed by atoms with Gasteiger partial charge < -0.3 is 10.1 Å². The van der Waals surface area contributed by atoms with E-state index in [9.17, 15) is 13.2 Å². The first-order chi connectivity index (χ1) is 14.3. The molecule has 30 heavy (non-hydrogen) atoms. The molecule has 0 aliphatic carbocycles. The standard InChI is InChI=1S/C23H32N2O4S/c1-5-25(6-2)30(27,28)22-17-21(14-13-18(22)3)23(26)24-15-10-16-29-19(4)20-11-8-7-9-12-20/h7-9,11-14,17,19H,5-6,10,15-16H2,1-4H3,(H,24,26). The molecule has 0 radical (unpaired) electrons. The van der Waals surface area contributed by atoms with Gasteiger partial charge in [-0.05, 0) is 43.5 Å². The van der Waals surface area contributed by atoms with Crippen molar-refractivity contribution in [1.29, 1.82) is 0 Å². The molecule has 0 saturated carbocycles. The van der Waals surface area contributed by atoms with Gasteiger partial charge in [0.15, 0.2) is 0 Å². The van der Waals surface area contributed by atoms with Gasteiger partial charge in [0, 0.05) is 31.8 Å². The molecule has 1 N–H and O–H groups in total. The molecule has 1 atom stereocenters. The highest BCUT2D eigenvalue weighted by atomic mass is 32.2. The Kier molecular flexibility index (Phi) is 9.02. The van der Waals surface area contributed by atoms with Gasteiger partial charge in [-0.2, -0.15) is 4.31 Å². The summed E-state index contributed by atoms with van der Waals surface area (Å²) in [6, 6.07) is 14.8. The van der Waals surface area contributed by atoms with E-state index in [4.69, 9.17) is 4.74 Å². The molecule has 1 amide bonds. The zero-order valence-corrected chi connectivity index (χ0v) is 19.0. The Hall–Kier alpha value is -2.22.